The van der Waals surface area contributed by atoms with Gasteiger partial charge in [0, 0.05) is 6.07 Å². The number of hydrogen-bond donors (Lipinski definition) is 2. The van der Waals surface area contributed by atoms with E-state index in [0.717, 1.165) is 16.6 Å². The van der Waals surface area contributed by atoms with Gasteiger partial charge in [0.05, 0.1) is 17.6 Å². The summed E-state index contributed by atoms with van der Waals surface area (Å²) in [5, 5.41) is 2.80. The highest BCUT2D eigenvalue weighted by atomic mass is 16.5. The molecule has 2 N–H and O–H groups in total. The lowest BCUT2D eigenvalue weighted by molar-refractivity contribution is 0.0944. The highest BCUT2D eigenvalue weighted by Gasteiger charge is 2.11. The van der Waals surface area contributed by atoms with Crippen LogP contribution >= 0.6 is 0 Å². The number of amides is 1. The molecule has 2 aromatic carbocycles. The van der Waals surface area contributed by atoms with Crippen molar-refractivity contribution in [2.75, 3.05) is 0 Å². The van der Waals surface area contributed by atoms with Crippen LogP contribution in [-0.2, 0) is 13.2 Å². The fraction of sp³-hybridized carbons (Fsp3) is 0.100. The summed E-state index contributed by atoms with van der Waals surface area (Å²) in [6, 6.07) is 19.0. The zero-order valence-electron chi connectivity index (χ0n) is 14.4. The van der Waals surface area contributed by atoms with Gasteiger partial charge in [-0.1, -0.05) is 42.5 Å². The topological polar surface area (TPSA) is 92.8 Å². The third-order valence-electron chi connectivity index (χ3n) is 3.96. The molecule has 0 aliphatic rings. The number of para-hydroxylation sites is 2. The number of nitrogens with zero attached hydrogens (tertiary/aromatic N) is 3. The highest BCUT2D eigenvalue weighted by molar-refractivity contribution is 5.92. The van der Waals surface area contributed by atoms with E-state index in [1.165, 1.54) is 12.4 Å². The molecule has 0 bridgehead atoms. The summed E-state index contributed by atoms with van der Waals surface area (Å²) in [5.41, 5.74) is 3.05. The Morgan fingerprint density at radius 3 is 2.70 bits per heavy atom. The number of aromatic nitrogens is 4. The summed E-state index contributed by atoms with van der Waals surface area (Å²) in [6.45, 7) is 0.648. The van der Waals surface area contributed by atoms with Crippen LogP contribution in [0.3, 0.4) is 0 Å². The maximum Gasteiger partial charge on any atom is 0.270 e. The minimum absolute atomic E-state index is 0.240. The van der Waals surface area contributed by atoms with Gasteiger partial charge in [-0.15, -0.1) is 0 Å². The van der Waals surface area contributed by atoms with Crippen LogP contribution in [0.15, 0.2) is 67.0 Å². The second kappa shape index (κ2) is 7.65. The van der Waals surface area contributed by atoms with Crippen LogP contribution in [-0.4, -0.2) is 25.8 Å². The predicted octanol–water partition coefficient (Wildman–Crippen LogP) is 2.86. The molecule has 2 aromatic heterocycles. The van der Waals surface area contributed by atoms with E-state index < -0.39 is 0 Å². The Morgan fingerprint density at radius 2 is 1.85 bits per heavy atom. The van der Waals surface area contributed by atoms with Crippen molar-refractivity contribution in [1.82, 2.24) is 25.3 Å². The van der Waals surface area contributed by atoms with E-state index in [-0.39, 0.29) is 18.1 Å². The first-order chi connectivity index (χ1) is 13.3. The summed E-state index contributed by atoms with van der Waals surface area (Å²) < 4.78 is 5.64. The number of aromatic amines is 1. The number of nitrogens with one attached hydrogen (secondary N) is 2. The average molecular weight is 359 g/mol. The molecule has 0 fully saturated rings. The Labute approximate surface area is 155 Å². The second-order valence-electron chi connectivity index (χ2n) is 5.90. The molecule has 4 rings (SSSR count). The first-order valence-electron chi connectivity index (χ1n) is 8.48. The lowest BCUT2D eigenvalue weighted by atomic mass is 10.2. The number of imidazole rings is 1. The summed E-state index contributed by atoms with van der Waals surface area (Å²) >= 11 is 0. The average Bonchev–Trinajstić information content (AvgIpc) is 3.14. The number of rotatable bonds is 6. The molecule has 4 aromatic rings. The second-order valence-corrected chi connectivity index (χ2v) is 5.90. The highest BCUT2D eigenvalue weighted by Crippen LogP contribution is 2.12. The summed E-state index contributed by atoms with van der Waals surface area (Å²) in [4.78, 5) is 28.0. The van der Waals surface area contributed by atoms with Crippen molar-refractivity contribution in [2.24, 2.45) is 0 Å². The molecule has 0 aliphatic heterocycles. The number of carbonyl (C=O) groups excluding carboxylic acids is 1. The zero-order valence-corrected chi connectivity index (χ0v) is 14.4. The number of carbonyl (C=O) groups is 1. The Kier molecular flexibility index (Phi) is 4.74. The fourth-order valence-electron chi connectivity index (χ4n) is 2.62. The minimum Gasteiger partial charge on any atom is -0.473 e. The van der Waals surface area contributed by atoms with E-state index in [2.05, 4.69) is 25.3 Å². The van der Waals surface area contributed by atoms with Gasteiger partial charge < -0.3 is 15.0 Å². The number of benzene rings is 2. The SMILES string of the molecule is O=C(NCc1nc2ccccc2[nH]1)c1cc(OCc2ccccc2)ncn1. The van der Waals surface area contributed by atoms with Gasteiger partial charge in [0.1, 0.15) is 24.5 Å². The summed E-state index contributed by atoms with van der Waals surface area (Å²) in [6.07, 6.45) is 1.32. The van der Waals surface area contributed by atoms with E-state index in [1.54, 1.807) is 0 Å². The monoisotopic (exact) mass is 359 g/mol. The third kappa shape index (κ3) is 4.09. The van der Waals surface area contributed by atoms with Crippen molar-refractivity contribution < 1.29 is 9.53 Å². The zero-order chi connectivity index (χ0) is 18.5. The molecule has 27 heavy (non-hydrogen) atoms. The van der Waals surface area contributed by atoms with E-state index in [4.69, 9.17) is 4.74 Å². The van der Waals surface area contributed by atoms with E-state index in [0.29, 0.717) is 18.3 Å². The van der Waals surface area contributed by atoms with Gasteiger partial charge >= 0.3 is 0 Å². The van der Waals surface area contributed by atoms with Crippen LogP contribution in [0.4, 0.5) is 0 Å². The molecule has 0 saturated carbocycles. The van der Waals surface area contributed by atoms with Crippen molar-refractivity contribution in [2.45, 2.75) is 13.2 Å². The number of fused-ring (bicyclic) bond motifs is 1. The third-order valence-corrected chi connectivity index (χ3v) is 3.96. The smallest absolute Gasteiger partial charge is 0.270 e. The molecule has 0 radical (unpaired) electrons. The maximum absolute atomic E-state index is 12.4. The molecule has 134 valence electrons. The standard InChI is InChI=1S/C20H17N5O2/c26-20(21-11-18-24-15-8-4-5-9-16(15)25-18)17-10-19(23-13-22-17)27-12-14-6-2-1-3-7-14/h1-10,13H,11-12H2,(H,21,26)(H,24,25). The number of H-pyrrole nitrogens is 1. The molecule has 7 heteroatoms. The molecule has 2 heterocycles. The molecule has 0 unspecified atom stereocenters. The first-order valence-corrected chi connectivity index (χ1v) is 8.48. The van der Waals surface area contributed by atoms with Gasteiger partial charge in [-0.05, 0) is 17.7 Å². The molecule has 0 aliphatic carbocycles. The number of hydrogen-bond acceptors (Lipinski definition) is 5. The lowest BCUT2D eigenvalue weighted by Gasteiger charge is -2.07. The molecule has 0 spiro atoms. The van der Waals surface area contributed by atoms with Gasteiger partial charge in [-0.25, -0.2) is 15.0 Å². The van der Waals surface area contributed by atoms with Crippen molar-refractivity contribution in [3.8, 4) is 5.88 Å². The molecular weight excluding hydrogens is 342 g/mol. The van der Waals surface area contributed by atoms with Crippen molar-refractivity contribution in [3.63, 3.8) is 0 Å². The minimum atomic E-state index is -0.317. The van der Waals surface area contributed by atoms with Gasteiger partial charge in [-0.3, -0.25) is 4.79 Å². The lowest BCUT2D eigenvalue weighted by Crippen LogP contribution is -2.24. The maximum atomic E-state index is 12.4. The Balaban J connectivity index is 1.38. The predicted molar refractivity (Wildman–Crippen MR) is 100 cm³/mol. The Morgan fingerprint density at radius 1 is 1.04 bits per heavy atom. The van der Waals surface area contributed by atoms with Crippen molar-refractivity contribution in [3.05, 3.63) is 84.1 Å². The summed E-state index contributed by atoms with van der Waals surface area (Å²) in [5.74, 6) is 0.712. The first kappa shape index (κ1) is 16.7. The van der Waals surface area contributed by atoms with Crippen LogP contribution in [0.1, 0.15) is 21.9 Å². The van der Waals surface area contributed by atoms with Crippen molar-refractivity contribution in [1.29, 1.82) is 0 Å². The quantitative estimate of drug-likeness (QED) is 0.552. The van der Waals surface area contributed by atoms with Crippen molar-refractivity contribution >= 4 is 16.9 Å². The van der Waals surface area contributed by atoms with Gasteiger partial charge in [0.2, 0.25) is 5.88 Å². The van der Waals surface area contributed by atoms with Gasteiger partial charge in [0.25, 0.3) is 5.91 Å². The molecule has 0 atom stereocenters. The number of ether oxygens (including phenoxy) is 1. The van der Waals surface area contributed by atoms with Gasteiger partial charge in [-0.2, -0.15) is 0 Å². The van der Waals surface area contributed by atoms with E-state index in [9.17, 15) is 4.79 Å². The molecule has 7 nitrogen and oxygen atoms in total. The normalized spacial score (nSPS) is 10.7. The Bertz CT molecular complexity index is 1030. The van der Waals surface area contributed by atoms with Crippen LogP contribution < -0.4 is 10.1 Å². The molecular formula is C20H17N5O2. The summed E-state index contributed by atoms with van der Waals surface area (Å²) in [7, 11) is 0. The largest absolute Gasteiger partial charge is 0.473 e. The Hall–Kier alpha value is -3.74. The van der Waals surface area contributed by atoms with Gasteiger partial charge in [0.15, 0.2) is 0 Å². The van der Waals surface area contributed by atoms with E-state index >= 15 is 0 Å². The van der Waals surface area contributed by atoms with E-state index in [1.807, 2.05) is 54.6 Å². The van der Waals surface area contributed by atoms with Crippen LogP contribution in [0, 0.1) is 0 Å². The van der Waals surface area contributed by atoms with Crippen LogP contribution in [0.2, 0.25) is 0 Å². The van der Waals surface area contributed by atoms with Crippen LogP contribution in [0.25, 0.3) is 11.0 Å². The van der Waals surface area contributed by atoms with Crippen LogP contribution in [0.5, 0.6) is 5.88 Å². The molecule has 1 amide bonds. The fourth-order valence-corrected chi connectivity index (χ4v) is 2.62. The molecule has 0 saturated heterocycles.